The number of benzene rings is 1. The number of hydrogen-bond acceptors (Lipinski definition) is 9. The van der Waals surface area contributed by atoms with Crippen molar-refractivity contribution in [2.24, 2.45) is 7.05 Å². The number of anilines is 2. The predicted octanol–water partition coefficient (Wildman–Crippen LogP) is 0.470. The second-order valence-corrected chi connectivity index (χ2v) is 7.09. The van der Waals surface area contributed by atoms with Gasteiger partial charge in [0.1, 0.15) is 5.52 Å². The first-order valence-corrected chi connectivity index (χ1v) is 9.60. The van der Waals surface area contributed by atoms with Gasteiger partial charge in [-0.1, -0.05) is 0 Å². The first kappa shape index (κ1) is 22.5. The summed E-state index contributed by atoms with van der Waals surface area (Å²) in [6.45, 7) is 3.42. The van der Waals surface area contributed by atoms with E-state index in [2.05, 4.69) is 25.6 Å². The summed E-state index contributed by atoms with van der Waals surface area (Å²) in [5.41, 5.74) is 5.32. The van der Waals surface area contributed by atoms with Crippen molar-refractivity contribution in [3.63, 3.8) is 0 Å². The van der Waals surface area contributed by atoms with E-state index in [1.54, 1.807) is 0 Å². The summed E-state index contributed by atoms with van der Waals surface area (Å²) in [5.74, 6) is -0.511. The highest BCUT2D eigenvalue weighted by atomic mass is 16.5. The van der Waals surface area contributed by atoms with Crippen molar-refractivity contribution in [2.75, 3.05) is 24.8 Å². The van der Waals surface area contributed by atoms with E-state index < -0.39 is 11.5 Å². The van der Waals surface area contributed by atoms with Gasteiger partial charge >= 0.3 is 0 Å². The third-order valence-corrected chi connectivity index (χ3v) is 4.34. The zero-order valence-electron chi connectivity index (χ0n) is 18.0. The van der Waals surface area contributed by atoms with Crippen LogP contribution in [-0.2, 0) is 11.8 Å². The number of nitrogens with two attached hydrogens (primary N) is 1. The number of hydrogen-bond donors (Lipinski definition) is 3. The quantitative estimate of drug-likeness (QED) is 0.473. The first-order valence-electron chi connectivity index (χ1n) is 9.60. The van der Waals surface area contributed by atoms with E-state index in [4.69, 9.17) is 15.2 Å². The Hall–Kier alpha value is -4.22. The molecule has 0 unspecified atom stereocenters. The van der Waals surface area contributed by atoms with Crippen LogP contribution in [0.1, 0.15) is 24.2 Å². The van der Waals surface area contributed by atoms with Crippen LogP contribution in [0.3, 0.4) is 0 Å². The maximum absolute atomic E-state index is 12.8. The van der Waals surface area contributed by atoms with Gasteiger partial charge < -0.3 is 20.5 Å². The van der Waals surface area contributed by atoms with Crippen LogP contribution in [0.15, 0.2) is 29.3 Å². The molecule has 2 heterocycles. The molecule has 0 saturated carbocycles. The lowest BCUT2D eigenvalue weighted by Gasteiger charge is -2.15. The molecular weight excluding hydrogens is 418 g/mol. The molecule has 3 aromatic rings. The number of aromatic nitrogens is 4. The van der Waals surface area contributed by atoms with Gasteiger partial charge in [0, 0.05) is 25.5 Å². The molecular formula is C20H23N7O5. The van der Waals surface area contributed by atoms with Crippen molar-refractivity contribution < 1.29 is 19.1 Å². The first-order chi connectivity index (χ1) is 15.2. The van der Waals surface area contributed by atoms with Crippen LogP contribution in [0.2, 0.25) is 0 Å². The molecule has 0 radical (unpaired) electrons. The zero-order chi connectivity index (χ0) is 23.4. The lowest BCUT2D eigenvalue weighted by molar-refractivity contribution is -0.123. The summed E-state index contributed by atoms with van der Waals surface area (Å²) in [7, 11) is 2.86. The maximum Gasteiger partial charge on any atom is 0.262 e. The number of carbonyl (C=O) groups excluding carboxylic acids is 2. The van der Waals surface area contributed by atoms with E-state index in [9.17, 15) is 14.4 Å². The molecule has 168 valence electrons. The minimum absolute atomic E-state index is 0.0251. The Morgan fingerprint density at radius 1 is 1.22 bits per heavy atom. The lowest BCUT2D eigenvalue weighted by Crippen LogP contribution is -2.34. The fourth-order valence-corrected chi connectivity index (χ4v) is 2.85. The summed E-state index contributed by atoms with van der Waals surface area (Å²) in [4.78, 5) is 49.2. The third-order valence-electron chi connectivity index (χ3n) is 4.34. The van der Waals surface area contributed by atoms with E-state index in [0.717, 1.165) is 0 Å². The Morgan fingerprint density at radius 2 is 1.91 bits per heavy atom. The minimum atomic E-state index is -0.580. The number of nitrogen functional groups attached to an aromatic ring is 1. The number of nitrogens with zero attached hydrogens (tertiary/aromatic N) is 4. The van der Waals surface area contributed by atoms with Gasteiger partial charge in [-0.2, -0.15) is 0 Å². The summed E-state index contributed by atoms with van der Waals surface area (Å²) >= 11 is 0. The number of ether oxygens (including phenoxy) is 2. The van der Waals surface area contributed by atoms with Crippen LogP contribution in [0.25, 0.3) is 10.9 Å². The second-order valence-electron chi connectivity index (χ2n) is 7.09. The molecule has 0 atom stereocenters. The smallest absolute Gasteiger partial charge is 0.262 e. The molecule has 0 aliphatic carbocycles. The molecule has 12 nitrogen and oxygen atoms in total. The van der Waals surface area contributed by atoms with Gasteiger partial charge in [0.15, 0.2) is 18.1 Å². The van der Waals surface area contributed by atoms with E-state index in [0.29, 0.717) is 0 Å². The molecule has 0 fully saturated rings. The van der Waals surface area contributed by atoms with Gasteiger partial charge in [0.05, 0.1) is 18.1 Å². The Labute approximate surface area is 182 Å². The normalized spacial score (nSPS) is 10.8. The fourth-order valence-electron chi connectivity index (χ4n) is 2.85. The highest BCUT2D eigenvalue weighted by Crippen LogP contribution is 2.33. The highest BCUT2D eigenvalue weighted by Gasteiger charge is 2.19. The van der Waals surface area contributed by atoms with Gasteiger partial charge in [-0.15, -0.1) is 0 Å². The van der Waals surface area contributed by atoms with Crippen LogP contribution in [-0.4, -0.2) is 51.1 Å². The molecule has 0 aliphatic heterocycles. The minimum Gasteiger partial charge on any atom is -0.491 e. The predicted molar refractivity (Wildman–Crippen MR) is 117 cm³/mol. The number of amides is 2. The van der Waals surface area contributed by atoms with Crippen LogP contribution in [0.4, 0.5) is 11.9 Å². The van der Waals surface area contributed by atoms with Gasteiger partial charge in [-0.25, -0.2) is 15.0 Å². The maximum atomic E-state index is 12.8. The summed E-state index contributed by atoms with van der Waals surface area (Å²) in [5, 5.41) is 5.52. The molecule has 32 heavy (non-hydrogen) atoms. The molecule has 0 aliphatic rings. The summed E-state index contributed by atoms with van der Waals surface area (Å²) in [6.07, 6.45) is 2.51. The molecule has 3 rings (SSSR count). The Balaban J connectivity index is 1.97. The SMILES string of the molecule is COc1c(OCC(=O)NC(C)C)ccc2c(=O)n(C)c(NC(=O)c3cnc(N)nc3)nc12. The van der Waals surface area contributed by atoms with Crippen molar-refractivity contribution in [3.05, 3.63) is 40.4 Å². The average molecular weight is 441 g/mol. The van der Waals surface area contributed by atoms with E-state index in [1.807, 2.05) is 13.8 Å². The van der Waals surface area contributed by atoms with Gasteiger partial charge in [0.25, 0.3) is 17.4 Å². The number of nitrogens with one attached hydrogen (secondary N) is 2. The van der Waals surface area contributed by atoms with Crippen molar-refractivity contribution in [3.8, 4) is 11.5 Å². The molecule has 1 aromatic carbocycles. The van der Waals surface area contributed by atoms with Crippen LogP contribution >= 0.6 is 0 Å². The van der Waals surface area contributed by atoms with E-state index in [1.165, 1.54) is 43.3 Å². The van der Waals surface area contributed by atoms with Gasteiger partial charge in [-0.3, -0.25) is 24.3 Å². The molecule has 0 spiro atoms. The zero-order valence-corrected chi connectivity index (χ0v) is 18.0. The highest BCUT2D eigenvalue weighted by molar-refractivity contribution is 6.03. The average Bonchev–Trinajstić information content (AvgIpc) is 2.75. The number of fused-ring (bicyclic) bond motifs is 1. The molecule has 0 saturated heterocycles. The largest absolute Gasteiger partial charge is 0.491 e. The number of rotatable bonds is 7. The topological polar surface area (TPSA) is 163 Å². The lowest BCUT2D eigenvalue weighted by atomic mass is 10.2. The summed E-state index contributed by atoms with van der Waals surface area (Å²) in [6, 6.07) is 3.01. The molecule has 2 amide bonds. The standard InChI is InChI=1S/C20H23N7O5/c1-10(2)24-14(28)9-32-13-6-5-12-15(16(13)31-4)25-20(27(3)18(12)30)26-17(29)11-7-22-19(21)23-8-11/h5-8,10H,9H2,1-4H3,(H,24,28)(H2,21,22,23)(H,25,26,29). The van der Waals surface area contributed by atoms with Crippen molar-refractivity contribution in [2.45, 2.75) is 19.9 Å². The molecule has 0 bridgehead atoms. The van der Waals surface area contributed by atoms with Crippen LogP contribution in [0.5, 0.6) is 11.5 Å². The summed E-state index contributed by atoms with van der Waals surface area (Å²) < 4.78 is 12.2. The Kier molecular flexibility index (Phi) is 6.52. The number of carbonyl (C=O) groups is 2. The Morgan fingerprint density at radius 3 is 2.53 bits per heavy atom. The number of methoxy groups -OCH3 is 1. The molecule has 12 heteroatoms. The van der Waals surface area contributed by atoms with Gasteiger partial charge in [0.2, 0.25) is 11.9 Å². The van der Waals surface area contributed by atoms with Crippen LogP contribution < -0.4 is 31.4 Å². The van der Waals surface area contributed by atoms with Crippen molar-refractivity contribution in [1.29, 1.82) is 0 Å². The Bertz CT molecular complexity index is 1220. The van der Waals surface area contributed by atoms with E-state index >= 15 is 0 Å². The van der Waals surface area contributed by atoms with Crippen molar-refractivity contribution >= 4 is 34.6 Å². The van der Waals surface area contributed by atoms with Crippen molar-refractivity contribution in [1.82, 2.24) is 24.8 Å². The molecule has 2 aromatic heterocycles. The fraction of sp³-hybridized carbons (Fsp3) is 0.300. The second kappa shape index (κ2) is 9.29. The third kappa shape index (κ3) is 4.74. The van der Waals surface area contributed by atoms with E-state index in [-0.39, 0.29) is 58.4 Å². The molecule has 4 N–H and O–H groups in total. The van der Waals surface area contributed by atoms with Crippen LogP contribution in [0, 0.1) is 0 Å². The van der Waals surface area contributed by atoms with Gasteiger partial charge in [-0.05, 0) is 26.0 Å². The monoisotopic (exact) mass is 441 g/mol.